The van der Waals surface area contributed by atoms with E-state index in [0.717, 1.165) is 0 Å². The van der Waals surface area contributed by atoms with Crippen LogP contribution < -0.4 is 0 Å². The van der Waals surface area contributed by atoms with E-state index in [2.05, 4.69) is 47.9 Å². The van der Waals surface area contributed by atoms with Crippen molar-refractivity contribution in [3.63, 3.8) is 0 Å². The van der Waals surface area contributed by atoms with Crippen molar-refractivity contribution in [2.24, 2.45) is 0 Å². The van der Waals surface area contributed by atoms with Gasteiger partial charge < -0.3 is 0 Å². The molecule has 0 aliphatic heterocycles. The lowest BCUT2D eigenvalue weighted by Crippen LogP contribution is -2.09. The van der Waals surface area contributed by atoms with E-state index >= 15 is 0 Å². The summed E-state index contributed by atoms with van der Waals surface area (Å²) in [5.41, 5.74) is 3.74. The molecule has 0 amide bonds. The van der Waals surface area contributed by atoms with Gasteiger partial charge in [-0.3, -0.25) is 9.78 Å². The fourth-order valence-electron chi connectivity index (χ4n) is 1.30. The van der Waals surface area contributed by atoms with Crippen molar-refractivity contribution in [2.75, 3.05) is 0 Å². The highest BCUT2D eigenvalue weighted by molar-refractivity contribution is 5.36. The molecule has 0 atom stereocenters. The lowest BCUT2D eigenvalue weighted by atomic mass is 10.2. The van der Waals surface area contributed by atoms with Crippen LogP contribution >= 0.6 is 0 Å². The van der Waals surface area contributed by atoms with Crippen molar-refractivity contribution in [1.29, 1.82) is 0 Å². The number of hydrogen-bond donors (Lipinski definition) is 1. The molecule has 0 radical (unpaired) electrons. The van der Waals surface area contributed by atoms with Gasteiger partial charge in [-0.25, -0.2) is 0 Å². The van der Waals surface area contributed by atoms with E-state index in [1.807, 2.05) is 6.20 Å². The highest BCUT2D eigenvalue weighted by Gasteiger charge is 2.00. The van der Waals surface area contributed by atoms with Crippen molar-refractivity contribution in [3.05, 3.63) is 41.7 Å². The van der Waals surface area contributed by atoms with Gasteiger partial charge in [-0.05, 0) is 31.5 Å². The maximum Gasteiger partial charge on any atom is 0.0629 e. The maximum atomic E-state index is 3.11. The molecule has 0 spiro atoms. The topological polar surface area (TPSA) is 20.7 Å². The largest absolute Gasteiger partial charge is 0.300 e. The Morgan fingerprint density at radius 3 is 2.58 bits per heavy atom. The quantitative estimate of drug-likeness (QED) is 0.661. The molecule has 0 unspecified atom stereocenters. The molecule has 0 bridgehead atoms. The summed E-state index contributed by atoms with van der Waals surface area (Å²) in [6, 6.07) is 8.42. The molecular weight excluding hydrogens is 148 g/mol. The summed E-state index contributed by atoms with van der Waals surface area (Å²) in [6.45, 7) is 4.18. The number of nitrogens with one attached hydrogen (secondary N) is 1. The number of aromatic amines is 1. The number of nitrogens with zero attached hydrogens (tertiary/aromatic N) is 1. The van der Waals surface area contributed by atoms with Crippen molar-refractivity contribution in [2.45, 2.75) is 13.8 Å². The zero-order valence-corrected chi connectivity index (χ0v) is 7.33. The second-order valence-electron chi connectivity index (χ2n) is 3.09. The third-order valence-electron chi connectivity index (χ3n) is 2.02. The summed E-state index contributed by atoms with van der Waals surface area (Å²) in [6.07, 6.45) is 1.99. The van der Waals surface area contributed by atoms with E-state index < -0.39 is 0 Å². The summed E-state index contributed by atoms with van der Waals surface area (Å²) >= 11 is 0. The Hall–Kier alpha value is -1.44. The Balaban J connectivity index is 2.45. The second kappa shape index (κ2) is 2.55. The molecule has 2 aromatic rings. The van der Waals surface area contributed by atoms with Crippen molar-refractivity contribution < 1.29 is 0 Å². The highest BCUT2D eigenvalue weighted by Crippen LogP contribution is 2.11. The number of hydrogen-bond acceptors (Lipinski definition) is 0. The van der Waals surface area contributed by atoms with Gasteiger partial charge in [-0.2, -0.15) is 0 Å². The lowest BCUT2D eigenvalue weighted by molar-refractivity contribution is 0.741. The Labute approximate surface area is 71.8 Å². The second-order valence-corrected chi connectivity index (χ2v) is 3.09. The number of H-pyrrole nitrogens is 1. The van der Waals surface area contributed by atoms with E-state index in [1.165, 1.54) is 16.9 Å². The standard InChI is InChI=1S/C10H12N2/c1-8-4-3-5-10(6-8)12-9(2)7-11-12/h3-7,11H,1-2H3. The van der Waals surface area contributed by atoms with Crippen LogP contribution in [0, 0.1) is 13.8 Å². The first-order chi connectivity index (χ1) is 5.77. The SMILES string of the molecule is Cc1cccc(-n2[nH]cc2C)c1. The minimum atomic E-state index is 1.20. The summed E-state index contributed by atoms with van der Waals surface area (Å²) in [5.74, 6) is 0. The molecule has 2 nitrogen and oxygen atoms in total. The van der Waals surface area contributed by atoms with Gasteiger partial charge >= 0.3 is 0 Å². The Morgan fingerprint density at radius 1 is 1.25 bits per heavy atom. The Bertz CT molecular complexity index is 382. The summed E-state index contributed by atoms with van der Waals surface area (Å²) in [5, 5.41) is 3.11. The van der Waals surface area contributed by atoms with Gasteiger partial charge in [0.15, 0.2) is 0 Å². The van der Waals surface area contributed by atoms with Crippen molar-refractivity contribution in [1.82, 2.24) is 9.78 Å². The smallest absolute Gasteiger partial charge is 0.0629 e. The zero-order chi connectivity index (χ0) is 8.55. The molecule has 1 heterocycles. The van der Waals surface area contributed by atoms with Gasteiger partial charge in [-0.1, -0.05) is 12.1 Å². The average molecular weight is 160 g/mol. The third kappa shape index (κ3) is 1.05. The fraction of sp³-hybridized carbons (Fsp3) is 0.200. The molecule has 1 aromatic heterocycles. The van der Waals surface area contributed by atoms with Gasteiger partial charge in [0.1, 0.15) is 0 Å². The van der Waals surface area contributed by atoms with E-state index in [1.54, 1.807) is 0 Å². The normalized spacial score (nSPS) is 10.5. The number of rotatable bonds is 1. The minimum absolute atomic E-state index is 1.20. The van der Waals surface area contributed by atoms with E-state index in [4.69, 9.17) is 0 Å². The summed E-state index contributed by atoms with van der Waals surface area (Å²) in [4.78, 5) is 0. The van der Waals surface area contributed by atoms with Gasteiger partial charge in [0.2, 0.25) is 0 Å². The average Bonchev–Trinajstić information content (AvgIpc) is 2.02. The summed E-state index contributed by atoms with van der Waals surface area (Å²) in [7, 11) is 0. The van der Waals surface area contributed by atoms with Crippen LogP contribution in [0.1, 0.15) is 11.3 Å². The molecule has 0 aliphatic carbocycles. The van der Waals surface area contributed by atoms with Crippen molar-refractivity contribution >= 4 is 0 Å². The van der Waals surface area contributed by atoms with Crippen LogP contribution in [0.3, 0.4) is 0 Å². The van der Waals surface area contributed by atoms with Crippen LogP contribution in [0.15, 0.2) is 30.5 Å². The van der Waals surface area contributed by atoms with Gasteiger partial charge in [-0.15, -0.1) is 0 Å². The van der Waals surface area contributed by atoms with Crippen molar-refractivity contribution in [3.8, 4) is 5.69 Å². The first-order valence-electron chi connectivity index (χ1n) is 4.07. The van der Waals surface area contributed by atoms with Crippen LogP contribution in [0.25, 0.3) is 5.69 Å². The van der Waals surface area contributed by atoms with E-state index in [0.29, 0.717) is 0 Å². The van der Waals surface area contributed by atoms with Crippen LogP contribution in [0.2, 0.25) is 0 Å². The number of aromatic nitrogens is 2. The Morgan fingerprint density at radius 2 is 2.08 bits per heavy atom. The molecule has 2 rings (SSSR count). The van der Waals surface area contributed by atoms with E-state index in [9.17, 15) is 0 Å². The van der Waals surface area contributed by atoms with Crippen LogP contribution in [0.4, 0.5) is 0 Å². The number of aryl methyl sites for hydroxylation is 2. The molecule has 0 saturated heterocycles. The van der Waals surface area contributed by atoms with Crippen LogP contribution in [-0.4, -0.2) is 9.78 Å². The molecule has 1 N–H and O–H groups in total. The molecule has 0 saturated carbocycles. The van der Waals surface area contributed by atoms with Gasteiger partial charge in [0.05, 0.1) is 11.4 Å². The monoisotopic (exact) mass is 160 g/mol. The minimum Gasteiger partial charge on any atom is -0.300 e. The molecule has 1 aromatic carbocycles. The fourth-order valence-corrected chi connectivity index (χ4v) is 1.30. The first kappa shape index (κ1) is 7.22. The highest BCUT2D eigenvalue weighted by atomic mass is 15.3. The lowest BCUT2D eigenvalue weighted by Gasteiger charge is -2.14. The first-order valence-corrected chi connectivity index (χ1v) is 4.07. The molecule has 12 heavy (non-hydrogen) atoms. The maximum absolute atomic E-state index is 3.11. The molecular formula is C10H12N2. The molecule has 2 heteroatoms. The number of benzene rings is 1. The van der Waals surface area contributed by atoms with E-state index in [-0.39, 0.29) is 0 Å². The zero-order valence-electron chi connectivity index (χ0n) is 7.33. The predicted molar refractivity (Wildman–Crippen MR) is 49.6 cm³/mol. The van der Waals surface area contributed by atoms with Crippen LogP contribution in [0.5, 0.6) is 0 Å². The molecule has 62 valence electrons. The Kier molecular flexibility index (Phi) is 1.54. The molecule has 0 fully saturated rings. The van der Waals surface area contributed by atoms with Gasteiger partial charge in [0.25, 0.3) is 0 Å². The predicted octanol–water partition coefficient (Wildman–Crippen LogP) is 2.42. The summed E-state index contributed by atoms with van der Waals surface area (Å²) < 4.78 is 2.06. The third-order valence-corrected chi connectivity index (χ3v) is 2.02. The van der Waals surface area contributed by atoms with Gasteiger partial charge in [0, 0.05) is 6.20 Å². The van der Waals surface area contributed by atoms with Crippen LogP contribution in [-0.2, 0) is 0 Å². The molecule has 0 aliphatic rings.